The third kappa shape index (κ3) is 3.88. The van der Waals surface area contributed by atoms with Crippen LogP contribution in [0.15, 0.2) is 18.2 Å². The number of benzene rings is 1. The summed E-state index contributed by atoms with van der Waals surface area (Å²) in [4.78, 5) is 36.8. The molecule has 0 saturated carbocycles. The highest BCUT2D eigenvalue weighted by molar-refractivity contribution is 7.17. The third-order valence-corrected chi connectivity index (χ3v) is 6.37. The number of anilines is 1. The highest BCUT2D eigenvalue weighted by atomic mass is 35.5. The number of rotatable bonds is 5. The van der Waals surface area contributed by atoms with E-state index in [-0.39, 0.29) is 10.6 Å². The fraction of sp³-hybridized carbons (Fsp3) is 0.368. The summed E-state index contributed by atoms with van der Waals surface area (Å²) in [6, 6.07) is 3.84. The number of amides is 1. The first kappa shape index (κ1) is 20.3. The Morgan fingerprint density at radius 1 is 1.43 bits per heavy atom. The van der Waals surface area contributed by atoms with Crippen molar-refractivity contribution >= 4 is 45.5 Å². The molecule has 1 heterocycles. The standard InChI is InChI=1S/C19H19ClN2O5S/c1-3-10-4-6-13-15(8-10)28-18(16(13)19(24)27-2)21-17(23)12-7-5-11(20)9-14(12)22(25)26/h5,7,9-10H,3-4,6,8H2,1-2H3,(H,21,23)/t10-/m1/s1. The summed E-state index contributed by atoms with van der Waals surface area (Å²) in [5.74, 6) is -0.648. The molecule has 1 aromatic carbocycles. The molecule has 0 fully saturated rings. The van der Waals surface area contributed by atoms with E-state index in [1.165, 1.54) is 30.6 Å². The first-order chi connectivity index (χ1) is 13.3. The zero-order chi connectivity index (χ0) is 20.4. The number of carbonyl (C=O) groups is 2. The molecular formula is C19H19ClN2O5S. The quantitative estimate of drug-likeness (QED) is 0.421. The van der Waals surface area contributed by atoms with Crippen molar-refractivity contribution in [1.82, 2.24) is 0 Å². The van der Waals surface area contributed by atoms with Crippen molar-refractivity contribution in [3.8, 4) is 0 Å². The Morgan fingerprint density at radius 2 is 2.18 bits per heavy atom. The molecule has 0 radical (unpaired) electrons. The Morgan fingerprint density at radius 3 is 2.82 bits per heavy atom. The van der Waals surface area contributed by atoms with E-state index in [4.69, 9.17) is 16.3 Å². The maximum Gasteiger partial charge on any atom is 0.341 e. The molecule has 1 atom stereocenters. The first-order valence-corrected chi connectivity index (χ1v) is 10.0. The molecule has 1 N–H and O–H groups in total. The third-order valence-electron chi connectivity index (χ3n) is 4.96. The van der Waals surface area contributed by atoms with Crippen LogP contribution in [0.2, 0.25) is 5.02 Å². The highest BCUT2D eigenvalue weighted by Gasteiger charge is 2.30. The molecule has 0 spiro atoms. The summed E-state index contributed by atoms with van der Waals surface area (Å²) < 4.78 is 4.91. The maximum absolute atomic E-state index is 12.7. The van der Waals surface area contributed by atoms with Crippen molar-refractivity contribution in [2.24, 2.45) is 5.92 Å². The van der Waals surface area contributed by atoms with E-state index >= 15 is 0 Å². The van der Waals surface area contributed by atoms with Crippen molar-refractivity contribution in [3.05, 3.63) is 54.9 Å². The number of hydrogen-bond acceptors (Lipinski definition) is 6. The summed E-state index contributed by atoms with van der Waals surface area (Å²) in [7, 11) is 1.29. The second-order valence-electron chi connectivity index (χ2n) is 6.59. The lowest BCUT2D eigenvalue weighted by atomic mass is 9.85. The van der Waals surface area contributed by atoms with Crippen LogP contribution in [0, 0.1) is 16.0 Å². The van der Waals surface area contributed by atoms with Crippen molar-refractivity contribution in [2.75, 3.05) is 12.4 Å². The number of fused-ring (bicyclic) bond motifs is 1. The van der Waals surface area contributed by atoms with Gasteiger partial charge in [0.05, 0.1) is 17.6 Å². The number of hydrogen-bond donors (Lipinski definition) is 1. The molecule has 148 valence electrons. The number of nitro groups is 1. The SMILES string of the molecule is CC[C@@H]1CCc2c(sc(NC(=O)c3ccc(Cl)cc3[N+](=O)[O-])c2C(=O)OC)C1. The fourth-order valence-electron chi connectivity index (χ4n) is 3.43. The van der Waals surface area contributed by atoms with E-state index in [1.807, 2.05) is 0 Å². The average Bonchev–Trinajstić information content (AvgIpc) is 3.03. The Kier molecular flexibility index (Phi) is 6.00. The van der Waals surface area contributed by atoms with Gasteiger partial charge < -0.3 is 10.1 Å². The van der Waals surface area contributed by atoms with Crippen LogP contribution in [0.5, 0.6) is 0 Å². The largest absolute Gasteiger partial charge is 0.465 e. The average molecular weight is 423 g/mol. The van der Waals surface area contributed by atoms with E-state index in [1.54, 1.807) is 0 Å². The second-order valence-corrected chi connectivity index (χ2v) is 8.13. The number of nitrogens with one attached hydrogen (secondary N) is 1. The lowest BCUT2D eigenvalue weighted by Gasteiger charge is -2.20. The molecule has 9 heteroatoms. The molecule has 28 heavy (non-hydrogen) atoms. The van der Waals surface area contributed by atoms with Crippen LogP contribution in [0.4, 0.5) is 10.7 Å². The summed E-state index contributed by atoms with van der Waals surface area (Å²) in [5, 5.41) is 14.5. The zero-order valence-electron chi connectivity index (χ0n) is 15.4. The van der Waals surface area contributed by atoms with E-state index in [2.05, 4.69) is 12.2 Å². The number of methoxy groups -OCH3 is 1. The maximum atomic E-state index is 12.7. The van der Waals surface area contributed by atoms with Gasteiger partial charge in [-0.2, -0.15) is 0 Å². The number of ether oxygens (including phenoxy) is 1. The van der Waals surface area contributed by atoms with Crippen LogP contribution in [-0.4, -0.2) is 23.9 Å². The van der Waals surface area contributed by atoms with Crippen molar-refractivity contribution in [2.45, 2.75) is 32.6 Å². The van der Waals surface area contributed by atoms with Crippen LogP contribution >= 0.6 is 22.9 Å². The zero-order valence-corrected chi connectivity index (χ0v) is 17.0. The van der Waals surface area contributed by atoms with Gasteiger partial charge in [-0.3, -0.25) is 14.9 Å². The van der Waals surface area contributed by atoms with Crippen LogP contribution in [0.25, 0.3) is 0 Å². The molecular weight excluding hydrogens is 404 g/mol. The molecule has 0 aliphatic heterocycles. The molecule has 3 rings (SSSR count). The van der Waals surface area contributed by atoms with Gasteiger partial charge in [0.25, 0.3) is 11.6 Å². The Bertz CT molecular complexity index is 956. The fourth-order valence-corrected chi connectivity index (χ4v) is 4.94. The molecule has 0 saturated heterocycles. The lowest BCUT2D eigenvalue weighted by molar-refractivity contribution is -0.385. The Labute approximate surface area is 170 Å². The second kappa shape index (κ2) is 8.28. The number of thiophene rings is 1. The van der Waals surface area contributed by atoms with E-state index < -0.39 is 22.5 Å². The number of halogens is 1. The summed E-state index contributed by atoms with van der Waals surface area (Å²) in [5.41, 5.74) is 0.740. The van der Waals surface area contributed by atoms with Gasteiger partial charge in [0.15, 0.2) is 0 Å². The molecule has 1 aliphatic carbocycles. The van der Waals surface area contributed by atoms with Gasteiger partial charge in [0, 0.05) is 16.0 Å². The molecule has 0 unspecified atom stereocenters. The number of carbonyl (C=O) groups excluding carboxylic acids is 2. The predicted octanol–water partition coefficient (Wildman–Crippen LogP) is 4.86. The molecule has 1 aliphatic rings. The van der Waals surface area contributed by atoms with E-state index in [9.17, 15) is 19.7 Å². The van der Waals surface area contributed by atoms with Crippen molar-refractivity contribution in [1.29, 1.82) is 0 Å². The molecule has 7 nitrogen and oxygen atoms in total. The monoisotopic (exact) mass is 422 g/mol. The van der Waals surface area contributed by atoms with Gasteiger partial charge >= 0.3 is 5.97 Å². The lowest BCUT2D eigenvalue weighted by Crippen LogP contribution is -2.17. The van der Waals surface area contributed by atoms with Crippen LogP contribution < -0.4 is 5.32 Å². The normalized spacial score (nSPS) is 15.6. The minimum Gasteiger partial charge on any atom is -0.465 e. The molecule has 1 aromatic heterocycles. The van der Waals surface area contributed by atoms with Gasteiger partial charge in [-0.1, -0.05) is 24.9 Å². The summed E-state index contributed by atoms with van der Waals surface area (Å²) >= 11 is 7.15. The highest BCUT2D eigenvalue weighted by Crippen LogP contribution is 2.41. The van der Waals surface area contributed by atoms with Gasteiger partial charge in [-0.25, -0.2) is 4.79 Å². The van der Waals surface area contributed by atoms with Crippen LogP contribution in [0.1, 0.15) is 50.9 Å². The molecule has 2 aromatic rings. The number of nitrogens with zero attached hydrogens (tertiary/aromatic N) is 1. The minimum atomic E-state index is -0.667. The Balaban J connectivity index is 1.99. The summed E-state index contributed by atoms with van der Waals surface area (Å²) in [6.07, 6.45) is 3.60. The van der Waals surface area contributed by atoms with Gasteiger partial charge in [0.2, 0.25) is 0 Å². The van der Waals surface area contributed by atoms with Crippen LogP contribution in [-0.2, 0) is 17.6 Å². The molecule has 0 bridgehead atoms. The van der Waals surface area contributed by atoms with Gasteiger partial charge in [-0.15, -0.1) is 11.3 Å². The molecule has 1 amide bonds. The topological polar surface area (TPSA) is 98.5 Å². The van der Waals surface area contributed by atoms with E-state index in [0.717, 1.165) is 42.2 Å². The Hall–Kier alpha value is -2.45. The smallest absolute Gasteiger partial charge is 0.341 e. The van der Waals surface area contributed by atoms with Gasteiger partial charge in [-0.05, 0) is 42.9 Å². The number of nitro benzene ring substituents is 1. The van der Waals surface area contributed by atoms with Crippen LogP contribution in [0.3, 0.4) is 0 Å². The van der Waals surface area contributed by atoms with Crippen molar-refractivity contribution in [3.63, 3.8) is 0 Å². The number of esters is 1. The minimum absolute atomic E-state index is 0.122. The van der Waals surface area contributed by atoms with Crippen molar-refractivity contribution < 1.29 is 19.2 Å². The van der Waals surface area contributed by atoms with E-state index in [0.29, 0.717) is 16.5 Å². The summed E-state index contributed by atoms with van der Waals surface area (Å²) in [6.45, 7) is 2.13. The van der Waals surface area contributed by atoms with Gasteiger partial charge in [0.1, 0.15) is 10.6 Å². The first-order valence-electron chi connectivity index (χ1n) is 8.83. The predicted molar refractivity (Wildman–Crippen MR) is 108 cm³/mol.